The molecule has 3 rings (SSSR count). The first kappa shape index (κ1) is 16.9. The van der Waals surface area contributed by atoms with Gasteiger partial charge in [-0.2, -0.15) is 0 Å². The van der Waals surface area contributed by atoms with Crippen molar-refractivity contribution in [1.29, 1.82) is 5.41 Å². The molecule has 8 heteroatoms. The molecule has 0 saturated carbocycles. The molecule has 1 aromatic carbocycles. The fraction of sp³-hybridized carbons (Fsp3) is 0.500. The molecule has 0 radical (unpaired) electrons. The van der Waals surface area contributed by atoms with Crippen molar-refractivity contribution in [2.24, 2.45) is 10.7 Å². The maximum absolute atomic E-state index is 8.14. The van der Waals surface area contributed by atoms with Gasteiger partial charge in [0.15, 0.2) is 21.8 Å². The van der Waals surface area contributed by atoms with Crippen LogP contribution in [0.1, 0.15) is 12.5 Å². The Bertz CT molecular complexity index is 629. The Labute approximate surface area is 146 Å². The van der Waals surface area contributed by atoms with Crippen molar-refractivity contribution in [3.8, 4) is 11.5 Å². The molecule has 2 aliphatic heterocycles. The maximum atomic E-state index is 8.14. The van der Waals surface area contributed by atoms with E-state index >= 15 is 0 Å². The lowest BCUT2D eigenvalue weighted by Gasteiger charge is -2.35. The molecule has 0 aliphatic carbocycles. The molecule has 0 aromatic heterocycles. The summed E-state index contributed by atoms with van der Waals surface area (Å²) in [4.78, 5) is 8.55. The van der Waals surface area contributed by atoms with Gasteiger partial charge >= 0.3 is 0 Å². The van der Waals surface area contributed by atoms with Gasteiger partial charge in [0.25, 0.3) is 0 Å². The molecule has 3 N–H and O–H groups in total. The first-order valence-electron chi connectivity index (χ1n) is 8.08. The van der Waals surface area contributed by atoms with Crippen LogP contribution in [0.15, 0.2) is 23.2 Å². The van der Waals surface area contributed by atoms with Gasteiger partial charge in [0, 0.05) is 39.3 Å². The molecule has 2 aliphatic rings. The van der Waals surface area contributed by atoms with Crippen molar-refractivity contribution >= 4 is 22.1 Å². The van der Waals surface area contributed by atoms with E-state index in [0.717, 1.165) is 44.2 Å². The number of piperazine rings is 1. The van der Waals surface area contributed by atoms with Crippen molar-refractivity contribution in [1.82, 2.24) is 9.80 Å². The van der Waals surface area contributed by atoms with E-state index in [1.54, 1.807) is 0 Å². The summed E-state index contributed by atoms with van der Waals surface area (Å²) in [5.41, 5.74) is 7.00. The number of thioether (sulfide) groups is 1. The molecule has 1 fully saturated rings. The van der Waals surface area contributed by atoms with Crippen molar-refractivity contribution in [2.45, 2.75) is 13.5 Å². The van der Waals surface area contributed by atoms with Gasteiger partial charge in [-0.3, -0.25) is 15.3 Å². The molecule has 0 atom stereocenters. The Morgan fingerprint density at radius 1 is 1.25 bits per heavy atom. The lowest BCUT2D eigenvalue weighted by atomic mass is 10.1. The minimum Gasteiger partial charge on any atom is -0.454 e. The molecule has 1 aromatic rings. The van der Waals surface area contributed by atoms with Crippen LogP contribution in [0.25, 0.3) is 0 Å². The van der Waals surface area contributed by atoms with E-state index in [1.165, 1.54) is 17.3 Å². The SMILES string of the molecule is CCN=C(N)SC(=N)N1CCN(Cc2ccc3c(c2)OCO3)CC1. The number of nitrogens with two attached hydrogens (primary N) is 1. The average Bonchev–Trinajstić information content (AvgIpc) is 3.03. The van der Waals surface area contributed by atoms with E-state index in [2.05, 4.69) is 26.9 Å². The summed E-state index contributed by atoms with van der Waals surface area (Å²) in [6.45, 7) is 7.27. The number of ether oxygens (including phenoxy) is 2. The molecule has 130 valence electrons. The van der Waals surface area contributed by atoms with Crippen molar-refractivity contribution in [3.63, 3.8) is 0 Å². The predicted octanol–water partition coefficient (Wildman–Crippen LogP) is 1.54. The third kappa shape index (κ3) is 4.12. The summed E-state index contributed by atoms with van der Waals surface area (Å²) >= 11 is 1.24. The van der Waals surface area contributed by atoms with Crippen molar-refractivity contribution < 1.29 is 9.47 Å². The quantitative estimate of drug-likeness (QED) is 0.636. The van der Waals surface area contributed by atoms with E-state index in [0.29, 0.717) is 23.7 Å². The summed E-state index contributed by atoms with van der Waals surface area (Å²) in [5.74, 6) is 1.65. The van der Waals surface area contributed by atoms with Gasteiger partial charge in [0.05, 0.1) is 0 Å². The highest BCUT2D eigenvalue weighted by Crippen LogP contribution is 2.32. The number of hydrogen-bond donors (Lipinski definition) is 2. The molecule has 7 nitrogen and oxygen atoms in total. The smallest absolute Gasteiger partial charge is 0.231 e. The summed E-state index contributed by atoms with van der Waals surface area (Å²) in [5, 5.41) is 9.08. The molecular formula is C16H23N5O2S. The van der Waals surface area contributed by atoms with E-state index < -0.39 is 0 Å². The Morgan fingerprint density at radius 2 is 2.00 bits per heavy atom. The van der Waals surface area contributed by atoms with Gasteiger partial charge in [0.2, 0.25) is 6.79 Å². The van der Waals surface area contributed by atoms with E-state index in [4.69, 9.17) is 20.6 Å². The zero-order valence-corrected chi connectivity index (χ0v) is 14.6. The van der Waals surface area contributed by atoms with Crippen LogP contribution in [0.3, 0.4) is 0 Å². The molecule has 0 unspecified atom stereocenters. The predicted molar refractivity (Wildman–Crippen MR) is 96.9 cm³/mol. The monoisotopic (exact) mass is 349 g/mol. The highest BCUT2D eigenvalue weighted by atomic mass is 32.2. The van der Waals surface area contributed by atoms with E-state index in [1.807, 2.05) is 13.0 Å². The Hall–Kier alpha value is -1.93. The first-order valence-corrected chi connectivity index (χ1v) is 8.89. The molecule has 2 heterocycles. The second-order valence-electron chi connectivity index (χ2n) is 5.67. The third-order valence-corrected chi connectivity index (χ3v) is 4.81. The zero-order chi connectivity index (χ0) is 16.9. The summed E-state index contributed by atoms with van der Waals surface area (Å²) in [6.07, 6.45) is 0. The molecule has 0 bridgehead atoms. The number of aliphatic imine (C=N–C) groups is 1. The molecular weight excluding hydrogens is 326 g/mol. The fourth-order valence-electron chi connectivity index (χ4n) is 2.76. The Balaban J connectivity index is 1.48. The lowest BCUT2D eigenvalue weighted by Crippen LogP contribution is -2.47. The molecule has 1 saturated heterocycles. The highest BCUT2D eigenvalue weighted by Gasteiger charge is 2.21. The van der Waals surface area contributed by atoms with Gasteiger partial charge < -0.3 is 20.1 Å². The fourth-order valence-corrected chi connectivity index (χ4v) is 3.46. The van der Waals surface area contributed by atoms with Crippen molar-refractivity contribution in [3.05, 3.63) is 23.8 Å². The normalized spacial score (nSPS) is 18.0. The van der Waals surface area contributed by atoms with Gasteiger partial charge in [-0.15, -0.1) is 0 Å². The van der Waals surface area contributed by atoms with Crippen molar-refractivity contribution in [2.75, 3.05) is 39.5 Å². The van der Waals surface area contributed by atoms with Crippen LogP contribution < -0.4 is 15.2 Å². The molecule has 0 amide bonds. The van der Waals surface area contributed by atoms with Crippen LogP contribution in [-0.4, -0.2) is 59.7 Å². The summed E-state index contributed by atoms with van der Waals surface area (Å²) in [6, 6.07) is 6.10. The standard InChI is InChI=1S/C16H23N5O2S/c1-2-19-15(17)24-16(18)21-7-5-20(6-8-21)10-12-3-4-13-14(9-12)23-11-22-13/h3-4,9,18H,2,5-8,10-11H2,1H3,(H2,17,19). The second-order valence-corrected chi connectivity index (χ2v) is 6.68. The number of benzene rings is 1. The summed E-state index contributed by atoms with van der Waals surface area (Å²) < 4.78 is 10.8. The number of amidine groups is 2. The van der Waals surface area contributed by atoms with Crippen LogP contribution in [0, 0.1) is 5.41 Å². The number of nitrogens with one attached hydrogen (secondary N) is 1. The Morgan fingerprint density at radius 3 is 2.75 bits per heavy atom. The maximum Gasteiger partial charge on any atom is 0.231 e. The number of hydrogen-bond acceptors (Lipinski definition) is 6. The topological polar surface area (TPSA) is 87.2 Å². The first-order chi connectivity index (χ1) is 11.7. The van der Waals surface area contributed by atoms with E-state index in [9.17, 15) is 0 Å². The van der Waals surface area contributed by atoms with Crippen LogP contribution in [0.2, 0.25) is 0 Å². The lowest BCUT2D eigenvalue weighted by molar-refractivity contribution is 0.173. The van der Waals surface area contributed by atoms with E-state index in [-0.39, 0.29) is 0 Å². The minimum atomic E-state index is 0.307. The van der Waals surface area contributed by atoms with Crippen LogP contribution in [-0.2, 0) is 6.54 Å². The summed E-state index contributed by atoms with van der Waals surface area (Å²) in [7, 11) is 0. The number of fused-ring (bicyclic) bond motifs is 1. The number of rotatable bonds is 3. The minimum absolute atomic E-state index is 0.307. The van der Waals surface area contributed by atoms with Gasteiger partial charge in [-0.25, -0.2) is 0 Å². The highest BCUT2D eigenvalue weighted by molar-refractivity contribution is 8.26. The molecule has 0 spiro atoms. The van der Waals surface area contributed by atoms with Crippen LogP contribution >= 0.6 is 11.8 Å². The zero-order valence-electron chi connectivity index (χ0n) is 13.8. The Kier molecular flexibility index (Phi) is 5.47. The average molecular weight is 349 g/mol. The van der Waals surface area contributed by atoms with Gasteiger partial charge in [0.1, 0.15) is 0 Å². The van der Waals surface area contributed by atoms with Gasteiger partial charge in [-0.05, 0) is 36.4 Å². The van der Waals surface area contributed by atoms with Crippen LogP contribution in [0.4, 0.5) is 0 Å². The van der Waals surface area contributed by atoms with Crippen LogP contribution in [0.5, 0.6) is 11.5 Å². The third-order valence-electron chi connectivity index (χ3n) is 4.02. The molecule has 24 heavy (non-hydrogen) atoms. The van der Waals surface area contributed by atoms with Gasteiger partial charge in [-0.1, -0.05) is 6.07 Å². The largest absolute Gasteiger partial charge is 0.454 e. The second kappa shape index (κ2) is 7.76. The number of nitrogens with zero attached hydrogens (tertiary/aromatic N) is 3.